The standard InChI is InChI=1S/C21H26ClF3N4S/c1-21(28(2)3)10-8-13(21)9-11-29(4)15-12-14(23)20(19(25)18(15)22)30-27-17-7-5-6-16(24)26-17/h5-7,12-13H,8-11H2,1-4H3,(H,26,27). The van der Waals surface area contributed by atoms with Crippen molar-refractivity contribution in [3.8, 4) is 0 Å². The van der Waals surface area contributed by atoms with Gasteiger partial charge in [-0.25, -0.2) is 13.8 Å². The smallest absolute Gasteiger partial charge is 0.214 e. The van der Waals surface area contributed by atoms with Crippen LogP contribution in [0.4, 0.5) is 24.7 Å². The Hall–Kier alpha value is -1.64. The van der Waals surface area contributed by atoms with Crippen LogP contribution in [-0.2, 0) is 0 Å². The van der Waals surface area contributed by atoms with Gasteiger partial charge < -0.3 is 14.5 Å². The first-order valence-corrected chi connectivity index (χ1v) is 10.9. The Labute approximate surface area is 184 Å². The fourth-order valence-corrected chi connectivity index (χ4v) is 4.80. The van der Waals surface area contributed by atoms with Gasteiger partial charge in [-0.2, -0.15) is 4.39 Å². The lowest BCUT2D eigenvalue weighted by Crippen LogP contribution is -2.55. The molecule has 0 saturated heterocycles. The molecular weight excluding hydrogens is 433 g/mol. The normalized spacial score (nSPS) is 20.9. The van der Waals surface area contributed by atoms with Crippen molar-refractivity contribution in [2.45, 2.75) is 36.6 Å². The second-order valence-electron chi connectivity index (χ2n) is 8.08. The zero-order chi connectivity index (χ0) is 22.1. The third-order valence-electron chi connectivity index (χ3n) is 6.19. The van der Waals surface area contributed by atoms with Crippen LogP contribution in [0.2, 0.25) is 5.02 Å². The number of nitrogens with zero attached hydrogens (tertiary/aromatic N) is 3. The molecule has 1 aliphatic carbocycles. The third kappa shape index (κ3) is 4.65. The SMILES string of the molecule is CN(CCC1CCC1(C)N(C)C)c1cc(F)c(SNc2cccc(F)n2)c(F)c1Cl. The van der Waals surface area contributed by atoms with Crippen molar-refractivity contribution in [3.05, 3.63) is 46.9 Å². The summed E-state index contributed by atoms with van der Waals surface area (Å²) in [5.41, 5.74) is 0.476. The van der Waals surface area contributed by atoms with Crippen LogP contribution in [0, 0.1) is 23.5 Å². The lowest BCUT2D eigenvalue weighted by Gasteiger charge is -2.52. The molecule has 1 fully saturated rings. The van der Waals surface area contributed by atoms with Crippen LogP contribution in [0.3, 0.4) is 0 Å². The topological polar surface area (TPSA) is 31.4 Å². The number of aromatic nitrogens is 1. The fraction of sp³-hybridized carbons (Fsp3) is 0.476. The summed E-state index contributed by atoms with van der Waals surface area (Å²) in [6, 6.07) is 5.37. The minimum atomic E-state index is -0.853. The largest absolute Gasteiger partial charge is 0.373 e. The number of hydrogen-bond acceptors (Lipinski definition) is 5. The molecular formula is C21H26ClF3N4S. The van der Waals surface area contributed by atoms with E-state index in [0.29, 0.717) is 30.1 Å². The van der Waals surface area contributed by atoms with Crippen LogP contribution in [0.15, 0.2) is 29.2 Å². The van der Waals surface area contributed by atoms with E-state index in [1.807, 2.05) is 0 Å². The highest BCUT2D eigenvalue weighted by Crippen LogP contribution is 2.44. The van der Waals surface area contributed by atoms with Gasteiger partial charge >= 0.3 is 0 Å². The third-order valence-corrected chi connectivity index (χ3v) is 7.44. The van der Waals surface area contributed by atoms with Gasteiger partial charge in [0.25, 0.3) is 0 Å². The highest BCUT2D eigenvalue weighted by Gasteiger charge is 2.43. The molecule has 1 aliphatic rings. The first-order valence-electron chi connectivity index (χ1n) is 9.75. The van der Waals surface area contributed by atoms with E-state index in [-0.39, 0.29) is 21.3 Å². The average molecular weight is 459 g/mol. The van der Waals surface area contributed by atoms with Gasteiger partial charge in [0.2, 0.25) is 5.95 Å². The Balaban J connectivity index is 1.69. The van der Waals surface area contributed by atoms with Crippen LogP contribution in [0.25, 0.3) is 0 Å². The van der Waals surface area contributed by atoms with Gasteiger partial charge in [-0.05, 0) is 70.3 Å². The molecule has 164 valence electrons. The monoisotopic (exact) mass is 458 g/mol. The Bertz CT molecular complexity index is 914. The van der Waals surface area contributed by atoms with E-state index in [0.717, 1.165) is 19.3 Å². The molecule has 0 radical (unpaired) electrons. The van der Waals surface area contributed by atoms with Gasteiger partial charge in [0, 0.05) is 25.2 Å². The summed E-state index contributed by atoms with van der Waals surface area (Å²) >= 11 is 6.90. The van der Waals surface area contributed by atoms with Crippen molar-refractivity contribution in [1.82, 2.24) is 9.88 Å². The van der Waals surface area contributed by atoms with Crippen LogP contribution in [-0.4, -0.2) is 43.1 Å². The number of pyridine rings is 1. The van der Waals surface area contributed by atoms with Gasteiger partial charge in [-0.3, -0.25) is 0 Å². The molecule has 4 nitrogen and oxygen atoms in total. The van der Waals surface area contributed by atoms with E-state index in [9.17, 15) is 13.2 Å². The van der Waals surface area contributed by atoms with Crippen molar-refractivity contribution < 1.29 is 13.2 Å². The van der Waals surface area contributed by atoms with E-state index in [2.05, 4.69) is 35.6 Å². The summed E-state index contributed by atoms with van der Waals surface area (Å²) in [4.78, 5) is 7.36. The first kappa shape index (κ1) is 23.0. The Morgan fingerprint density at radius 1 is 1.27 bits per heavy atom. The summed E-state index contributed by atoms with van der Waals surface area (Å²) in [7, 11) is 5.95. The minimum Gasteiger partial charge on any atom is -0.373 e. The number of halogens is 4. The molecule has 1 heterocycles. The van der Waals surface area contributed by atoms with Crippen LogP contribution in [0.1, 0.15) is 26.2 Å². The lowest BCUT2D eigenvalue weighted by molar-refractivity contribution is 0.000507. The molecule has 0 bridgehead atoms. The fourth-order valence-electron chi connectivity index (χ4n) is 3.79. The molecule has 1 saturated carbocycles. The molecule has 30 heavy (non-hydrogen) atoms. The van der Waals surface area contributed by atoms with Crippen molar-refractivity contribution >= 4 is 35.1 Å². The van der Waals surface area contributed by atoms with Gasteiger partial charge in [-0.15, -0.1) is 0 Å². The molecule has 2 aromatic rings. The maximum absolute atomic E-state index is 14.8. The predicted octanol–water partition coefficient (Wildman–Crippen LogP) is 5.83. The summed E-state index contributed by atoms with van der Waals surface area (Å²) in [6.45, 7) is 2.89. The van der Waals surface area contributed by atoms with E-state index >= 15 is 0 Å². The highest BCUT2D eigenvalue weighted by atomic mass is 35.5. The second kappa shape index (κ2) is 9.24. The molecule has 0 aliphatic heterocycles. The summed E-state index contributed by atoms with van der Waals surface area (Å²) < 4.78 is 45.3. The molecule has 1 aromatic heterocycles. The molecule has 0 spiro atoms. The number of anilines is 2. The van der Waals surface area contributed by atoms with Gasteiger partial charge in [-0.1, -0.05) is 17.7 Å². The molecule has 2 unspecified atom stereocenters. The van der Waals surface area contributed by atoms with Crippen molar-refractivity contribution in [3.63, 3.8) is 0 Å². The number of hydrogen-bond donors (Lipinski definition) is 1. The summed E-state index contributed by atoms with van der Waals surface area (Å²) in [5, 5.41) is -0.139. The van der Waals surface area contributed by atoms with E-state index in [1.54, 1.807) is 11.9 Å². The summed E-state index contributed by atoms with van der Waals surface area (Å²) in [5.74, 6) is -1.60. The van der Waals surface area contributed by atoms with E-state index in [4.69, 9.17) is 11.6 Å². The van der Waals surface area contributed by atoms with Gasteiger partial charge in [0.15, 0.2) is 5.82 Å². The molecule has 1 N–H and O–H groups in total. The van der Waals surface area contributed by atoms with E-state index in [1.165, 1.54) is 24.3 Å². The lowest BCUT2D eigenvalue weighted by atomic mass is 9.65. The molecule has 1 aromatic carbocycles. The zero-order valence-corrected chi connectivity index (χ0v) is 19.0. The van der Waals surface area contributed by atoms with Crippen molar-refractivity contribution in [2.75, 3.05) is 37.3 Å². The second-order valence-corrected chi connectivity index (χ2v) is 9.28. The first-order chi connectivity index (χ1) is 14.1. The number of nitrogens with one attached hydrogen (secondary N) is 1. The van der Waals surface area contributed by atoms with Gasteiger partial charge in [0.1, 0.15) is 21.6 Å². The highest BCUT2D eigenvalue weighted by molar-refractivity contribution is 8.00. The van der Waals surface area contributed by atoms with Crippen molar-refractivity contribution in [2.24, 2.45) is 5.92 Å². The average Bonchev–Trinajstić information content (AvgIpc) is 2.69. The van der Waals surface area contributed by atoms with Crippen LogP contribution >= 0.6 is 23.5 Å². The van der Waals surface area contributed by atoms with Gasteiger partial charge in [0.05, 0.1) is 5.69 Å². The summed E-state index contributed by atoms with van der Waals surface area (Å²) in [6.07, 6.45) is 3.21. The Morgan fingerprint density at radius 2 is 2.00 bits per heavy atom. The Kier molecular flexibility index (Phi) is 7.09. The zero-order valence-electron chi connectivity index (χ0n) is 17.5. The molecule has 2 atom stereocenters. The van der Waals surface area contributed by atoms with E-state index < -0.39 is 17.6 Å². The molecule has 9 heteroatoms. The maximum atomic E-state index is 14.8. The molecule has 0 amide bonds. The number of benzene rings is 1. The molecule has 3 rings (SSSR count). The number of rotatable bonds is 8. The van der Waals surface area contributed by atoms with Crippen LogP contribution < -0.4 is 9.62 Å². The minimum absolute atomic E-state index is 0.139. The quantitative estimate of drug-likeness (QED) is 0.305. The van der Waals surface area contributed by atoms with Crippen molar-refractivity contribution in [1.29, 1.82) is 0 Å². The Morgan fingerprint density at radius 3 is 2.60 bits per heavy atom. The van der Waals surface area contributed by atoms with Crippen LogP contribution in [0.5, 0.6) is 0 Å². The predicted molar refractivity (Wildman–Crippen MR) is 118 cm³/mol. The maximum Gasteiger partial charge on any atom is 0.214 e.